The average Bonchev–Trinajstić information content (AvgIpc) is 2.75. The fourth-order valence-electron chi connectivity index (χ4n) is 3.73. The first-order chi connectivity index (χ1) is 14.9. The number of amides is 1. The number of benzene rings is 1. The highest BCUT2D eigenvalue weighted by Gasteiger charge is 2.26. The molecule has 1 saturated heterocycles. The van der Waals surface area contributed by atoms with Crippen molar-refractivity contribution in [1.82, 2.24) is 14.9 Å². The molecule has 2 heterocycles. The van der Waals surface area contributed by atoms with Gasteiger partial charge in [0, 0.05) is 63.3 Å². The third-order valence-electron chi connectivity index (χ3n) is 5.36. The third kappa shape index (κ3) is 5.93. The summed E-state index contributed by atoms with van der Waals surface area (Å²) in [6.45, 7) is 7.40. The number of aromatic nitrogens is 2. The molecule has 0 aliphatic carbocycles. The standard InChI is InChI=1S/C23H31ClN4O3/c1-16(2)22-25-20(14-30-3)19(13-17-6-5-7-18(24)12-17)23(26-22)28-10-8-27(9-11-28)21(29)15-31-4/h5-7,12,16H,8-11,13-15H2,1-4H3. The molecule has 1 aromatic carbocycles. The zero-order valence-electron chi connectivity index (χ0n) is 18.7. The molecule has 3 rings (SSSR count). The summed E-state index contributed by atoms with van der Waals surface area (Å²) in [7, 11) is 3.22. The lowest BCUT2D eigenvalue weighted by atomic mass is 10.0. The Hall–Kier alpha value is -2.22. The van der Waals surface area contributed by atoms with Crippen LogP contribution in [-0.2, 0) is 27.3 Å². The molecule has 0 atom stereocenters. The summed E-state index contributed by atoms with van der Waals surface area (Å²) in [4.78, 5) is 26.1. The largest absolute Gasteiger partial charge is 0.378 e. The van der Waals surface area contributed by atoms with Crippen molar-refractivity contribution in [3.63, 3.8) is 0 Å². The van der Waals surface area contributed by atoms with Crippen LogP contribution >= 0.6 is 11.6 Å². The second-order valence-corrected chi connectivity index (χ2v) is 8.46. The summed E-state index contributed by atoms with van der Waals surface area (Å²) in [5.74, 6) is 1.94. The fraction of sp³-hybridized carbons (Fsp3) is 0.522. The normalized spacial score (nSPS) is 14.4. The van der Waals surface area contributed by atoms with Crippen molar-refractivity contribution in [3.05, 3.63) is 51.9 Å². The summed E-state index contributed by atoms with van der Waals surface area (Å²) >= 11 is 6.22. The summed E-state index contributed by atoms with van der Waals surface area (Å²) in [5.41, 5.74) is 3.04. The minimum atomic E-state index is 0.0203. The van der Waals surface area contributed by atoms with Crippen LogP contribution in [0, 0.1) is 0 Å². The predicted molar refractivity (Wildman–Crippen MR) is 122 cm³/mol. The predicted octanol–water partition coefficient (Wildman–Crippen LogP) is 3.29. The highest BCUT2D eigenvalue weighted by Crippen LogP contribution is 2.28. The van der Waals surface area contributed by atoms with E-state index in [1.807, 2.05) is 23.1 Å². The number of hydrogen-bond acceptors (Lipinski definition) is 6. The van der Waals surface area contributed by atoms with Gasteiger partial charge in [-0.1, -0.05) is 37.6 Å². The maximum atomic E-state index is 12.2. The number of carbonyl (C=O) groups excluding carboxylic acids is 1. The van der Waals surface area contributed by atoms with E-state index in [4.69, 9.17) is 31.0 Å². The summed E-state index contributed by atoms with van der Waals surface area (Å²) in [6, 6.07) is 7.86. The van der Waals surface area contributed by atoms with Gasteiger partial charge in [0.1, 0.15) is 18.2 Å². The molecule has 2 aromatic rings. The second-order valence-electron chi connectivity index (χ2n) is 8.03. The van der Waals surface area contributed by atoms with Crippen LogP contribution in [0.5, 0.6) is 0 Å². The van der Waals surface area contributed by atoms with Crippen LogP contribution < -0.4 is 4.90 Å². The molecule has 1 aromatic heterocycles. The first-order valence-corrected chi connectivity index (χ1v) is 11.0. The van der Waals surface area contributed by atoms with Gasteiger partial charge in [-0.15, -0.1) is 0 Å². The van der Waals surface area contributed by atoms with Crippen molar-refractivity contribution in [2.45, 2.75) is 32.8 Å². The summed E-state index contributed by atoms with van der Waals surface area (Å²) in [5, 5.41) is 0.706. The topological polar surface area (TPSA) is 67.8 Å². The van der Waals surface area contributed by atoms with E-state index in [2.05, 4.69) is 24.8 Å². The van der Waals surface area contributed by atoms with E-state index in [0.717, 1.165) is 28.5 Å². The van der Waals surface area contributed by atoms with E-state index >= 15 is 0 Å². The van der Waals surface area contributed by atoms with Crippen molar-refractivity contribution < 1.29 is 14.3 Å². The van der Waals surface area contributed by atoms with Crippen LogP contribution in [0.1, 0.15) is 42.4 Å². The Balaban J connectivity index is 1.95. The molecular weight excluding hydrogens is 416 g/mol. The molecule has 0 N–H and O–H groups in total. The van der Waals surface area contributed by atoms with Crippen molar-refractivity contribution in [2.75, 3.05) is 51.9 Å². The number of rotatable bonds is 8. The Morgan fingerprint density at radius 1 is 1.13 bits per heavy atom. The lowest BCUT2D eigenvalue weighted by Gasteiger charge is -2.36. The van der Waals surface area contributed by atoms with E-state index in [1.54, 1.807) is 14.2 Å². The smallest absolute Gasteiger partial charge is 0.248 e. The van der Waals surface area contributed by atoms with E-state index in [-0.39, 0.29) is 18.4 Å². The molecule has 0 saturated carbocycles. The molecular formula is C23H31ClN4O3. The number of nitrogens with zero attached hydrogens (tertiary/aromatic N) is 4. The van der Waals surface area contributed by atoms with Gasteiger partial charge in [0.25, 0.3) is 0 Å². The number of piperazine rings is 1. The lowest BCUT2D eigenvalue weighted by Crippen LogP contribution is -2.50. The molecule has 8 heteroatoms. The number of carbonyl (C=O) groups is 1. The van der Waals surface area contributed by atoms with Crippen LogP contribution in [0.25, 0.3) is 0 Å². The van der Waals surface area contributed by atoms with Crippen LogP contribution in [0.3, 0.4) is 0 Å². The Bertz CT molecular complexity index is 898. The van der Waals surface area contributed by atoms with E-state index < -0.39 is 0 Å². The molecule has 0 unspecified atom stereocenters. The van der Waals surface area contributed by atoms with Crippen LogP contribution in [0.2, 0.25) is 5.02 Å². The SMILES string of the molecule is COCC(=O)N1CCN(c2nc(C(C)C)nc(COC)c2Cc2cccc(Cl)c2)CC1. The van der Waals surface area contributed by atoms with E-state index in [0.29, 0.717) is 44.2 Å². The number of halogens is 1. The number of ether oxygens (including phenoxy) is 2. The van der Waals surface area contributed by atoms with Crippen LogP contribution in [-0.4, -0.2) is 67.8 Å². The van der Waals surface area contributed by atoms with Crippen molar-refractivity contribution >= 4 is 23.3 Å². The molecule has 1 amide bonds. The Morgan fingerprint density at radius 2 is 1.87 bits per heavy atom. The Labute approximate surface area is 189 Å². The van der Waals surface area contributed by atoms with E-state index in [1.165, 1.54) is 0 Å². The Kier molecular flexibility index (Phi) is 8.23. The van der Waals surface area contributed by atoms with Crippen molar-refractivity contribution in [2.24, 2.45) is 0 Å². The number of hydrogen-bond donors (Lipinski definition) is 0. The van der Waals surface area contributed by atoms with Gasteiger partial charge in [-0.3, -0.25) is 4.79 Å². The van der Waals surface area contributed by atoms with Crippen LogP contribution in [0.15, 0.2) is 24.3 Å². The second kappa shape index (κ2) is 10.9. The Morgan fingerprint density at radius 3 is 2.48 bits per heavy atom. The maximum Gasteiger partial charge on any atom is 0.248 e. The number of methoxy groups -OCH3 is 2. The monoisotopic (exact) mass is 446 g/mol. The first kappa shape index (κ1) is 23.4. The minimum Gasteiger partial charge on any atom is -0.378 e. The minimum absolute atomic E-state index is 0.0203. The molecule has 1 fully saturated rings. The summed E-state index contributed by atoms with van der Waals surface area (Å²) < 4.78 is 10.5. The zero-order valence-corrected chi connectivity index (χ0v) is 19.5. The molecule has 0 spiro atoms. The van der Waals surface area contributed by atoms with Gasteiger partial charge in [0.05, 0.1) is 12.3 Å². The number of anilines is 1. The van der Waals surface area contributed by atoms with Gasteiger partial charge < -0.3 is 19.3 Å². The molecule has 0 bridgehead atoms. The van der Waals surface area contributed by atoms with Crippen molar-refractivity contribution in [3.8, 4) is 0 Å². The third-order valence-corrected chi connectivity index (χ3v) is 5.59. The van der Waals surface area contributed by atoms with Gasteiger partial charge in [-0.2, -0.15) is 0 Å². The first-order valence-electron chi connectivity index (χ1n) is 10.6. The maximum absolute atomic E-state index is 12.2. The van der Waals surface area contributed by atoms with Gasteiger partial charge in [-0.05, 0) is 17.7 Å². The molecule has 0 radical (unpaired) electrons. The molecule has 7 nitrogen and oxygen atoms in total. The quantitative estimate of drug-likeness (QED) is 0.619. The van der Waals surface area contributed by atoms with Gasteiger partial charge in [-0.25, -0.2) is 9.97 Å². The average molecular weight is 447 g/mol. The van der Waals surface area contributed by atoms with Gasteiger partial charge >= 0.3 is 0 Å². The highest BCUT2D eigenvalue weighted by atomic mass is 35.5. The molecule has 168 valence electrons. The van der Waals surface area contributed by atoms with Gasteiger partial charge in [0.15, 0.2) is 0 Å². The van der Waals surface area contributed by atoms with Gasteiger partial charge in [0.2, 0.25) is 5.91 Å². The molecule has 1 aliphatic heterocycles. The molecule has 31 heavy (non-hydrogen) atoms. The van der Waals surface area contributed by atoms with Crippen LogP contribution in [0.4, 0.5) is 5.82 Å². The van der Waals surface area contributed by atoms with Crippen molar-refractivity contribution in [1.29, 1.82) is 0 Å². The highest BCUT2D eigenvalue weighted by molar-refractivity contribution is 6.30. The molecule has 1 aliphatic rings. The van der Waals surface area contributed by atoms with E-state index in [9.17, 15) is 4.79 Å². The zero-order chi connectivity index (χ0) is 22.4. The lowest BCUT2D eigenvalue weighted by molar-refractivity contribution is -0.135. The fourth-order valence-corrected chi connectivity index (χ4v) is 3.94. The summed E-state index contributed by atoms with van der Waals surface area (Å²) in [6.07, 6.45) is 0.662.